The Morgan fingerprint density at radius 3 is 2.73 bits per heavy atom. The van der Waals surface area contributed by atoms with Gasteiger partial charge in [0.05, 0.1) is 5.69 Å². The first kappa shape index (κ1) is 17.6. The van der Waals surface area contributed by atoms with Crippen LogP contribution in [-0.2, 0) is 19.4 Å². The smallest absolute Gasteiger partial charge is 0.193 e. The summed E-state index contributed by atoms with van der Waals surface area (Å²) in [5, 5.41) is 3.41. The van der Waals surface area contributed by atoms with E-state index in [1.807, 2.05) is 0 Å². The van der Waals surface area contributed by atoms with Crippen LogP contribution in [0.1, 0.15) is 44.1 Å². The average molecular weight is 417 g/mol. The molecule has 0 saturated carbocycles. The molecule has 0 spiro atoms. The quantitative estimate of drug-likeness (QED) is 0.465. The molecular formula is C16H28IN5. The van der Waals surface area contributed by atoms with Gasteiger partial charge in [0.1, 0.15) is 5.82 Å². The third-order valence-electron chi connectivity index (χ3n) is 4.33. The number of halogens is 1. The number of fused-ring (bicyclic) bond motifs is 1. The van der Waals surface area contributed by atoms with Gasteiger partial charge in [-0.15, -0.1) is 24.0 Å². The highest BCUT2D eigenvalue weighted by Crippen LogP contribution is 2.15. The molecule has 1 N–H and O–H groups in total. The molecule has 3 rings (SSSR count). The lowest BCUT2D eigenvalue weighted by Gasteiger charge is -2.20. The van der Waals surface area contributed by atoms with Gasteiger partial charge >= 0.3 is 0 Å². The Kier molecular flexibility index (Phi) is 6.98. The number of aryl methyl sites for hydroxylation is 2. The van der Waals surface area contributed by atoms with Crippen LogP contribution in [0.4, 0.5) is 0 Å². The number of hydrogen-bond acceptors (Lipinski definition) is 2. The third kappa shape index (κ3) is 4.36. The summed E-state index contributed by atoms with van der Waals surface area (Å²) in [6, 6.07) is 0. The highest BCUT2D eigenvalue weighted by molar-refractivity contribution is 14.0. The van der Waals surface area contributed by atoms with Crippen LogP contribution in [0.3, 0.4) is 0 Å². The minimum absolute atomic E-state index is 0. The van der Waals surface area contributed by atoms with Crippen molar-refractivity contribution in [2.75, 3.05) is 26.2 Å². The summed E-state index contributed by atoms with van der Waals surface area (Å²) >= 11 is 0. The van der Waals surface area contributed by atoms with Crippen molar-refractivity contribution in [1.29, 1.82) is 0 Å². The number of nitrogens with one attached hydrogen (secondary N) is 1. The Hall–Kier alpha value is -0.790. The monoisotopic (exact) mass is 417 g/mol. The van der Waals surface area contributed by atoms with Gasteiger partial charge < -0.3 is 14.8 Å². The highest BCUT2D eigenvalue weighted by atomic mass is 127. The van der Waals surface area contributed by atoms with Gasteiger partial charge in [0, 0.05) is 51.8 Å². The Morgan fingerprint density at radius 1 is 1.23 bits per heavy atom. The summed E-state index contributed by atoms with van der Waals surface area (Å²) in [5.74, 6) is 2.35. The fraction of sp³-hybridized carbons (Fsp3) is 0.750. The molecule has 0 radical (unpaired) electrons. The lowest BCUT2D eigenvalue weighted by Crippen LogP contribution is -2.39. The molecule has 5 nitrogen and oxygen atoms in total. The van der Waals surface area contributed by atoms with Crippen LogP contribution < -0.4 is 5.32 Å². The molecule has 6 heteroatoms. The Labute approximate surface area is 150 Å². The van der Waals surface area contributed by atoms with Crippen molar-refractivity contribution in [1.82, 2.24) is 19.8 Å². The van der Waals surface area contributed by atoms with Crippen molar-refractivity contribution in [3.63, 3.8) is 0 Å². The van der Waals surface area contributed by atoms with Crippen molar-refractivity contribution in [2.24, 2.45) is 4.99 Å². The predicted octanol–water partition coefficient (Wildman–Crippen LogP) is 2.44. The molecule has 0 bridgehead atoms. The second-order valence-electron chi connectivity index (χ2n) is 5.98. The van der Waals surface area contributed by atoms with E-state index in [9.17, 15) is 0 Å². The van der Waals surface area contributed by atoms with E-state index in [-0.39, 0.29) is 24.0 Å². The minimum Gasteiger partial charge on any atom is -0.357 e. The largest absolute Gasteiger partial charge is 0.357 e. The zero-order chi connectivity index (χ0) is 14.5. The lowest BCUT2D eigenvalue weighted by molar-refractivity contribution is 0.494. The second kappa shape index (κ2) is 8.74. The highest BCUT2D eigenvalue weighted by Gasteiger charge is 2.15. The van der Waals surface area contributed by atoms with E-state index in [0.29, 0.717) is 0 Å². The minimum atomic E-state index is 0. The predicted molar refractivity (Wildman–Crippen MR) is 101 cm³/mol. The van der Waals surface area contributed by atoms with E-state index in [0.717, 1.165) is 51.5 Å². The van der Waals surface area contributed by atoms with Gasteiger partial charge in [-0.3, -0.25) is 4.99 Å². The Morgan fingerprint density at radius 2 is 2.00 bits per heavy atom. The zero-order valence-electron chi connectivity index (χ0n) is 13.6. The van der Waals surface area contributed by atoms with E-state index in [1.54, 1.807) is 0 Å². The van der Waals surface area contributed by atoms with Gasteiger partial charge in [0.25, 0.3) is 0 Å². The Bertz CT molecular complexity index is 467. The summed E-state index contributed by atoms with van der Waals surface area (Å²) in [5.41, 5.74) is 1.20. The summed E-state index contributed by atoms with van der Waals surface area (Å²) in [4.78, 5) is 11.9. The van der Waals surface area contributed by atoms with Crippen molar-refractivity contribution < 1.29 is 0 Å². The van der Waals surface area contributed by atoms with Crippen LogP contribution in [0.5, 0.6) is 0 Å². The summed E-state index contributed by atoms with van der Waals surface area (Å²) in [7, 11) is 0. The molecule has 124 valence electrons. The molecule has 0 unspecified atom stereocenters. The van der Waals surface area contributed by atoms with Crippen LogP contribution in [0.15, 0.2) is 11.2 Å². The van der Waals surface area contributed by atoms with Crippen LogP contribution in [-0.4, -0.2) is 46.6 Å². The molecule has 1 saturated heterocycles. The first-order valence-electron chi connectivity index (χ1n) is 8.45. The van der Waals surface area contributed by atoms with Crippen molar-refractivity contribution in [3.05, 3.63) is 17.7 Å². The second-order valence-corrected chi connectivity index (χ2v) is 5.98. The van der Waals surface area contributed by atoms with Gasteiger partial charge in [0.2, 0.25) is 0 Å². The molecule has 1 fully saturated rings. The van der Waals surface area contributed by atoms with Gasteiger partial charge in [-0.25, -0.2) is 4.98 Å². The number of rotatable bonds is 4. The lowest BCUT2D eigenvalue weighted by atomic mass is 10.2. The molecule has 0 aliphatic carbocycles. The zero-order valence-corrected chi connectivity index (χ0v) is 15.9. The van der Waals surface area contributed by atoms with E-state index in [2.05, 4.69) is 27.9 Å². The Balaban J connectivity index is 0.00000176. The van der Waals surface area contributed by atoms with Crippen LogP contribution in [0, 0.1) is 0 Å². The molecule has 1 aromatic heterocycles. The van der Waals surface area contributed by atoms with Gasteiger partial charge in [-0.2, -0.15) is 0 Å². The SMILES string of the molecule is CCNC(=NCCc1cn2c(n1)CCCC2)N1CCCC1.I. The molecule has 0 atom stereocenters. The maximum absolute atomic E-state index is 4.78. The number of nitrogens with zero attached hydrogens (tertiary/aromatic N) is 4. The number of likely N-dealkylation sites (tertiary alicyclic amines) is 1. The van der Waals surface area contributed by atoms with Crippen molar-refractivity contribution in [3.8, 4) is 0 Å². The summed E-state index contributed by atoms with van der Waals surface area (Å²) in [6.45, 7) is 7.33. The number of aliphatic imine (C=N–C) groups is 1. The summed E-state index contributed by atoms with van der Waals surface area (Å²) < 4.78 is 2.33. The fourth-order valence-electron chi connectivity index (χ4n) is 3.22. The molecule has 22 heavy (non-hydrogen) atoms. The van der Waals surface area contributed by atoms with Gasteiger partial charge in [0.15, 0.2) is 5.96 Å². The van der Waals surface area contributed by atoms with Crippen LogP contribution >= 0.6 is 24.0 Å². The maximum Gasteiger partial charge on any atom is 0.193 e. The molecular weight excluding hydrogens is 389 g/mol. The van der Waals surface area contributed by atoms with Gasteiger partial charge in [-0.1, -0.05) is 0 Å². The third-order valence-corrected chi connectivity index (χ3v) is 4.33. The molecule has 2 aliphatic heterocycles. The van der Waals surface area contributed by atoms with Gasteiger partial charge in [-0.05, 0) is 32.6 Å². The fourth-order valence-corrected chi connectivity index (χ4v) is 3.22. The number of aromatic nitrogens is 2. The average Bonchev–Trinajstić information content (AvgIpc) is 3.15. The van der Waals surface area contributed by atoms with E-state index in [4.69, 9.17) is 9.98 Å². The van der Waals surface area contributed by atoms with E-state index < -0.39 is 0 Å². The molecule has 3 heterocycles. The molecule has 1 aromatic rings. The standard InChI is InChI=1S/C16H27N5.HI/c1-2-17-16(20-10-5-6-11-20)18-9-8-14-13-21-12-4-3-7-15(21)19-14;/h13H,2-12H2,1H3,(H,17,18);1H. The topological polar surface area (TPSA) is 45.5 Å². The number of guanidine groups is 1. The first-order valence-corrected chi connectivity index (χ1v) is 8.45. The van der Waals surface area contributed by atoms with Crippen molar-refractivity contribution >= 4 is 29.9 Å². The molecule has 2 aliphatic rings. The maximum atomic E-state index is 4.78. The molecule has 0 amide bonds. The normalized spacial score (nSPS) is 18.0. The molecule has 0 aromatic carbocycles. The summed E-state index contributed by atoms with van der Waals surface area (Å²) in [6.07, 6.45) is 9.47. The number of hydrogen-bond donors (Lipinski definition) is 1. The van der Waals surface area contributed by atoms with Crippen LogP contribution in [0.2, 0.25) is 0 Å². The first-order chi connectivity index (χ1) is 10.4. The van der Waals surface area contributed by atoms with E-state index in [1.165, 1.54) is 37.2 Å². The number of imidazole rings is 1. The van der Waals surface area contributed by atoms with Crippen molar-refractivity contribution in [2.45, 2.75) is 52.0 Å². The van der Waals surface area contributed by atoms with E-state index >= 15 is 0 Å². The van der Waals surface area contributed by atoms with Crippen LogP contribution in [0.25, 0.3) is 0 Å².